The van der Waals surface area contributed by atoms with Crippen molar-refractivity contribution >= 4 is 17.9 Å². The fraction of sp³-hybridized carbons (Fsp3) is 0.946. The van der Waals surface area contributed by atoms with Crippen molar-refractivity contribution in [3.05, 3.63) is 0 Å². The molecule has 0 aliphatic carbocycles. The summed E-state index contributed by atoms with van der Waals surface area (Å²) in [5.74, 6) is -0.839. The summed E-state index contributed by atoms with van der Waals surface area (Å²) in [7, 11) is 0. The third-order valence-corrected chi connectivity index (χ3v) is 12.9. The average Bonchev–Trinajstić information content (AvgIpc) is 3.27. The zero-order chi connectivity index (χ0) is 45.1. The first-order valence-corrected chi connectivity index (χ1v) is 28.0. The molecule has 0 aliphatic rings. The van der Waals surface area contributed by atoms with E-state index in [1.807, 2.05) is 0 Å². The molecule has 6 nitrogen and oxygen atoms in total. The van der Waals surface area contributed by atoms with Crippen molar-refractivity contribution in [2.24, 2.45) is 0 Å². The van der Waals surface area contributed by atoms with Gasteiger partial charge in [-0.05, 0) is 19.3 Å². The Bertz CT molecular complexity index is 920. The van der Waals surface area contributed by atoms with Crippen LogP contribution >= 0.6 is 0 Å². The van der Waals surface area contributed by atoms with Gasteiger partial charge in [0, 0.05) is 19.3 Å². The van der Waals surface area contributed by atoms with Crippen LogP contribution in [0.25, 0.3) is 0 Å². The van der Waals surface area contributed by atoms with Crippen LogP contribution < -0.4 is 0 Å². The van der Waals surface area contributed by atoms with Gasteiger partial charge in [0.05, 0.1) is 0 Å². The van der Waals surface area contributed by atoms with Crippen LogP contribution in [0.4, 0.5) is 0 Å². The maximum atomic E-state index is 12.7. The maximum Gasteiger partial charge on any atom is 0.306 e. The molecule has 0 aliphatic heterocycles. The van der Waals surface area contributed by atoms with Crippen LogP contribution in [0.2, 0.25) is 0 Å². The fourth-order valence-electron chi connectivity index (χ4n) is 8.62. The predicted molar refractivity (Wildman–Crippen MR) is 266 cm³/mol. The highest BCUT2D eigenvalue weighted by atomic mass is 16.6. The minimum absolute atomic E-state index is 0.0617. The van der Waals surface area contributed by atoms with Crippen molar-refractivity contribution in [3.63, 3.8) is 0 Å². The van der Waals surface area contributed by atoms with Gasteiger partial charge >= 0.3 is 17.9 Å². The lowest BCUT2D eigenvalue weighted by molar-refractivity contribution is -0.167. The zero-order valence-corrected chi connectivity index (χ0v) is 42.2. The van der Waals surface area contributed by atoms with Crippen LogP contribution in [0, 0.1) is 0 Å². The van der Waals surface area contributed by atoms with Gasteiger partial charge in [0.2, 0.25) is 0 Å². The highest BCUT2D eigenvalue weighted by Crippen LogP contribution is 2.17. The molecule has 0 saturated heterocycles. The Labute approximate surface area is 387 Å². The normalized spacial score (nSPS) is 11.9. The van der Waals surface area contributed by atoms with E-state index in [1.165, 1.54) is 225 Å². The van der Waals surface area contributed by atoms with Crippen LogP contribution in [0.5, 0.6) is 0 Å². The lowest BCUT2D eigenvalue weighted by Gasteiger charge is -2.18. The first-order chi connectivity index (χ1) is 30.5. The summed E-state index contributed by atoms with van der Waals surface area (Å²) in [4.78, 5) is 38.0. The summed E-state index contributed by atoms with van der Waals surface area (Å²) >= 11 is 0. The van der Waals surface area contributed by atoms with E-state index in [9.17, 15) is 14.4 Å². The van der Waals surface area contributed by atoms with Crippen LogP contribution in [0.1, 0.15) is 323 Å². The standard InChI is InChI=1S/C56H108O6/c1-4-7-10-13-16-19-21-23-25-27-28-29-31-33-35-38-40-43-46-49-55(58)61-52-53(62-56(59)50-47-44-41-36-18-15-12-9-6-3)51-60-54(57)48-45-42-39-37-34-32-30-26-24-22-20-17-14-11-8-5-2/h53H,4-52H2,1-3H3/t53-/m1/s1. The number of ether oxygens (including phenoxy) is 3. The summed E-state index contributed by atoms with van der Waals surface area (Å²) in [6.07, 6.45) is 56.7. The summed E-state index contributed by atoms with van der Waals surface area (Å²) in [6, 6.07) is 0. The maximum absolute atomic E-state index is 12.7. The highest BCUT2D eigenvalue weighted by molar-refractivity contribution is 5.71. The number of rotatable bonds is 52. The molecule has 0 spiro atoms. The molecule has 0 aromatic heterocycles. The first-order valence-electron chi connectivity index (χ1n) is 28.0. The number of esters is 3. The van der Waals surface area contributed by atoms with Crippen molar-refractivity contribution in [2.75, 3.05) is 13.2 Å². The lowest BCUT2D eigenvalue weighted by Crippen LogP contribution is -2.30. The summed E-state index contributed by atoms with van der Waals surface area (Å²) in [5.41, 5.74) is 0. The Hall–Kier alpha value is -1.59. The number of carbonyl (C=O) groups excluding carboxylic acids is 3. The minimum Gasteiger partial charge on any atom is -0.462 e. The molecule has 0 radical (unpaired) electrons. The van der Waals surface area contributed by atoms with Gasteiger partial charge in [-0.1, -0.05) is 284 Å². The molecule has 62 heavy (non-hydrogen) atoms. The van der Waals surface area contributed by atoms with Gasteiger partial charge in [-0.15, -0.1) is 0 Å². The molecule has 0 aromatic rings. The molecule has 0 fully saturated rings. The highest BCUT2D eigenvalue weighted by Gasteiger charge is 2.19. The molecule has 0 amide bonds. The van der Waals surface area contributed by atoms with Crippen molar-refractivity contribution in [1.29, 1.82) is 0 Å². The SMILES string of the molecule is CCCCCCCCCCCCCCCCCCCCCC(=O)OC[C@@H](COC(=O)CCCCCCCCCCCCCCCCCC)OC(=O)CCCCCCCCCCC. The Kier molecular flexibility index (Phi) is 50.7. The molecule has 0 N–H and O–H groups in total. The van der Waals surface area contributed by atoms with Crippen LogP contribution in [-0.4, -0.2) is 37.2 Å². The topological polar surface area (TPSA) is 78.9 Å². The third-order valence-electron chi connectivity index (χ3n) is 12.9. The van der Waals surface area contributed by atoms with Crippen molar-refractivity contribution in [3.8, 4) is 0 Å². The number of unbranched alkanes of at least 4 members (excludes halogenated alkanes) is 41. The lowest BCUT2D eigenvalue weighted by atomic mass is 10.0. The van der Waals surface area contributed by atoms with E-state index in [0.717, 1.165) is 57.8 Å². The Balaban J connectivity index is 4.18. The largest absolute Gasteiger partial charge is 0.462 e. The summed E-state index contributed by atoms with van der Waals surface area (Å²) < 4.78 is 16.8. The van der Waals surface area contributed by atoms with E-state index in [4.69, 9.17) is 14.2 Å². The Morgan fingerprint density at radius 3 is 0.645 bits per heavy atom. The monoisotopic (exact) mass is 877 g/mol. The molecule has 368 valence electrons. The van der Waals surface area contributed by atoms with Gasteiger partial charge in [0.15, 0.2) is 6.10 Å². The van der Waals surface area contributed by atoms with Gasteiger partial charge in [-0.25, -0.2) is 0 Å². The molecule has 0 rings (SSSR count). The Morgan fingerprint density at radius 1 is 0.258 bits per heavy atom. The van der Waals surface area contributed by atoms with Crippen molar-refractivity contribution in [1.82, 2.24) is 0 Å². The van der Waals surface area contributed by atoms with Crippen LogP contribution in [-0.2, 0) is 28.6 Å². The fourth-order valence-corrected chi connectivity index (χ4v) is 8.62. The molecule has 0 unspecified atom stereocenters. The van der Waals surface area contributed by atoms with E-state index in [-0.39, 0.29) is 31.1 Å². The second-order valence-corrected chi connectivity index (χ2v) is 19.2. The predicted octanol–water partition coefficient (Wildman–Crippen LogP) is 18.4. The molecule has 1 atom stereocenters. The third kappa shape index (κ3) is 49.4. The second-order valence-electron chi connectivity index (χ2n) is 19.2. The van der Waals surface area contributed by atoms with Gasteiger partial charge in [0.1, 0.15) is 13.2 Å². The summed E-state index contributed by atoms with van der Waals surface area (Å²) in [6.45, 7) is 6.68. The summed E-state index contributed by atoms with van der Waals surface area (Å²) in [5, 5.41) is 0. The molecule has 6 heteroatoms. The van der Waals surface area contributed by atoms with Gasteiger partial charge in [0.25, 0.3) is 0 Å². The zero-order valence-electron chi connectivity index (χ0n) is 42.2. The molecular weight excluding hydrogens is 769 g/mol. The van der Waals surface area contributed by atoms with E-state index in [1.54, 1.807) is 0 Å². The quantitative estimate of drug-likeness (QED) is 0.0344. The van der Waals surface area contributed by atoms with Crippen molar-refractivity contribution in [2.45, 2.75) is 329 Å². The van der Waals surface area contributed by atoms with Crippen molar-refractivity contribution < 1.29 is 28.6 Å². The smallest absolute Gasteiger partial charge is 0.306 e. The minimum atomic E-state index is -0.759. The van der Waals surface area contributed by atoms with Gasteiger partial charge < -0.3 is 14.2 Å². The number of hydrogen-bond acceptors (Lipinski definition) is 6. The van der Waals surface area contributed by atoms with Gasteiger partial charge in [-0.3, -0.25) is 14.4 Å². The van der Waals surface area contributed by atoms with E-state index in [2.05, 4.69) is 20.8 Å². The van der Waals surface area contributed by atoms with E-state index in [0.29, 0.717) is 19.3 Å². The molecule has 0 bridgehead atoms. The van der Waals surface area contributed by atoms with Crippen LogP contribution in [0.3, 0.4) is 0 Å². The average molecular weight is 877 g/mol. The molecule has 0 aromatic carbocycles. The first kappa shape index (κ1) is 60.4. The molecular formula is C56H108O6. The Morgan fingerprint density at radius 2 is 0.435 bits per heavy atom. The van der Waals surface area contributed by atoms with E-state index < -0.39 is 6.10 Å². The van der Waals surface area contributed by atoms with Gasteiger partial charge in [-0.2, -0.15) is 0 Å². The van der Waals surface area contributed by atoms with E-state index >= 15 is 0 Å². The number of carbonyl (C=O) groups is 3. The molecule has 0 saturated carbocycles. The second kappa shape index (κ2) is 52.0. The number of hydrogen-bond donors (Lipinski definition) is 0. The van der Waals surface area contributed by atoms with Crippen LogP contribution in [0.15, 0.2) is 0 Å². The molecule has 0 heterocycles.